The number of carbonyl (C=O) groups is 1. The van der Waals surface area contributed by atoms with E-state index in [-0.39, 0.29) is 28.3 Å². The van der Waals surface area contributed by atoms with Crippen LogP contribution in [0.3, 0.4) is 0 Å². The first kappa shape index (κ1) is 13.8. The van der Waals surface area contributed by atoms with E-state index in [0.717, 1.165) is 6.07 Å². The van der Waals surface area contributed by atoms with Crippen LogP contribution in [0.2, 0.25) is 10.2 Å². The van der Waals surface area contributed by atoms with Gasteiger partial charge in [0, 0.05) is 5.56 Å². The van der Waals surface area contributed by atoms with Crippen LogP contribution in [0.5, 0.6) is 0 Å². The molecule has 100 valence electrons. The molecule has 0 saturated carbocycles. The summed E-state index contributed by atoms with van der Waals surface area (Å²) < 4.78 is 17.8. The number of benzene rings is 1. The van der Waals surface area contributed by atoms with Crippen molar-refractivity contribution in [1.82, 2.24) is 9.97 Å². The molecule has 0 radical (unpaired) electrons. The monoisotopic (exact) mass is 302 g/mol. The van der Waals surface area contributed by atoms with Crippen LogP contribution < -0.4 is 0 Å². The van der Waals surface area contributed by atoms with Crippen LogP contribution in [0.1, 0.15) is 17.4 Å². The first-order valence-corrected chi connectivity index (χ1v) is 6.16. The van der Waals surface area contributed by atoms with Crippen molar-refractivity contribution in [1.29, 1.82) is 0 Å². The lowest BCUT2D eigenvalue weighted by Gasteiger charge is -2.00. The van der Waals surface area contributed by atoms with E-state index in [1.54, 1.807) is 6.92 Å². The van der Waals surface area contributed by atoms with Gasteiger partial charge in [-0.05, 0) is 25.1 Å². The molecule has 0 spiro atoms. The molecule has 0 atom stereocenters. The summed E-state index contributed by atoms with van der Waals surface area (Å²) in [5.74, 6) is -0.816. The molecule has 1 aromatic carbocycles. The molecular formula is C12H9Cl2FN2O2. The fourth-order valence-electron chi connectivity index (χ4n) is 1.50. The smallest absolute Gasteiger partial charge is 0.360 e. The number of nitrogens with one attached hydrogen (secondary N) is 1. The Morgan fingerprint density at radius 1 is 1.47 bits per heavy atom. The average molecular weight is 303 g/mol. The predicted octanol–water partition coefficient (Wildman–Crippen LogP) is 3.70. The Labute approximate surface area is 118 Å². The first-order chi connectivity index (χ1) is 9.02. The first-order valence-electron chi connectivity index (χ1n) is 5.41. The van der Waals surface area contributed by atoms with Crippen LogP contribution in [0, 0.1) is 5.82 Å². The van der Waals surface area contributed by atoms with Gasteiger partial charge in [0.25, 0.3) is 0 Å². The molecule has 2 rings (SSSR count). The van der Waals surface area contributed by atoms with Crippen LogP contribution in [0.15, 0.2) is 18.2 Å². The summed E-state index contributed by atoms with van der Waals surface area (Å²) in [5.41, 5.74) is 0.416. The molecule has 0 saturated heterocycles. The number of carbonyl (C=O) groups excluding carboxylic acids is 1. The molecule has 1 aromatic heterocycles. The number of hydrogen-bond donors (Lipinski definition) is 1. The van der Waals surface area contributed by atoms with Crippen molar-refractivity contribution in [2.24, 2.45) is 0 Å². The Kier molecular flexibility index (Phi) is 4.07. The predicted molar refractivity (Wildman–Crippen MR) is 70.0 cm³/mol. The van der Waals surface area contributed by atoms with Gasteiger partial charge in [0.1, 0.15) is 16.8 Å². The number of ether oxygens (including phenoxy) is 1. The highest BCUT2D eigenvalue weighted by Gasteiger charge is 2.19. The molecule has 0 amide bonds. The second-order valence-corrected chi connectivity index (χ2v) is 4.38. The van der Waals surface area contributed by atoms with E-state index < -0.39 is 11.8 Å². The van der Waals surface area contributed by atoms with E-state index in [4.69, 9.17) is 27.9 Å². The van der Waals surface area contributed by atoms with Crippen LogP contribution in [-0.4, -0.2) is 22.5 Å². The van der Waals surface area contributed by atoms with E-state index in [0.29, 0.717) is 5.56 Å². The van der Waals surface area contributed by atoms with Gasteiger partial charge in [0.05, 0.1) is 11.6 Å². The number of esters is 1. The van der Waals surface area contributed by atoms with Gasteiger partial charge >= 0.3 is 5.97 Å². The van der Waals surface area contributed by atoms with Gasteiger partial charge in [-0.1, -0.05) is 23.2 Å². The Balaban J connectivity index is 2.42. The normalized spacial score (nSPS) is 10.5. The Bertz CT molecular complexity index is 628. The summed E-state index contributed by atoms with van der Waals surface area (Å²) >= 11 is 11.8. The van der Waals surface area contributed by atoms with E-state index >= 15 is 0 Å². The third-order valence-electron chi connectivity index (χ3n) is 2.31. The number of H-pyrrole nitrogens is 1. The summed E-state index contributed by atoms with van der Waals surface area (Å²) in [6, 6.07) is 3.83. The largest absolute Gasteiger partial charge is 0.461 e. The molecule has 0 aliphatic heterocycles. The number of rotatable bonds is 3. The zero-order chi connectivity index (χ0) is 14.0. The standard InChI is InChI=1S/C12H9Cl2FN2O2/c1-2-19-12(18)9-10(14)17-11(16-9)7-4-3-6(15)5-8(7)13/h3-5H,2H2,1H3,(H,16,17). The highest BCUT2D eigenvalue weighted by Crippen LogP contribution is 2.28. The van der Waals surface area contributed by atoms with Gasteiger partial charge in [-0.3, -0.25) is 0 Å². The van der Waals surface area contributed by atoms with E-state index in [1.165, 1.54) is 12.1 Å². The minimum absolute atomic E-state index is 0.0288. The highest BCUT2D eigenvalue weighted by atomic mass is 35.5. The number of imidazole rings is 1. The maximum absolute atomic E-state index is 13.0. The van der Waals surface area contributed by atoms with Crippen molar-refractivity contribution in [3.8, 4) is 11.4 Å². The van der Waals surface area contributed by atoms with Crippen LogP contribution in [0.25, 0.3) is 11.4 Å². The van der Waals surface area contributed by atoms with Crippen molar-refractivity contribution in [3.05, 3.63) is 39.9 Å². The second kappa shape index (κ2) is 5.59. The third kappa shape index (κ3) is 2.88. The zero-order valence-electron chi connectivity index (χ0n) is 9.84. The number of halogens is 3. The zero-order valence-corrected chi connectivity index (χ0v) is 11.3. The third-order valence-corrected chi connectivity index (χ3v) is 2.90. The van der Waals surface area contributed by atoms with Gasteiger partial charge in [-0.2, -0.15) is 0 Å². The van der Waals surface area contributed by atoms with Gasteiger partial charge < -0.3 is 9.72 Å². The Morgan fingerprint density at radius 3 is 2.84 bits per heavy atom. The summed E-state index contributed by atoms with van der Waals surface area (Å²) in [7, 11) is 0. The minimum atomic E-state index is -0.631. The van der Waals surface area contributed by atoms with Crippen molar-refractivity contribution < 1.29 is 13.9 Å². The van der Waals surface area contributed by atoms with Crippen LogP contribution in [-0.2, 0) is 4.74 Å². The molecular weight excluding hydrogens is 294 g/mol. The van der Waals surface area contributed by atoms with Crippen molar-refractivity contribution in [2.75, 3.05) is 6.61 Å². The highest BCUT2D eigenvalue weighted by molar-refractivity contribution is 6.34. The van der Waals surface area contributed by atoms with Crippen LogP contribution in [0.4, 0.5) is 4.39 Å². The maximum atomic E-state index is 13.0. The summed E-state index contributed by atoms with van der Waals surface area (Å²) in [6.45, 7) is 1.89. The van der Waals surface area contributed by atoms with Crippen molar-refractivity contribution >= 4 is 29.2 Å². The SMILES string of the molecule is CCOC(=O)c1nc(-c2ccc(F)cc2Cl)[nH]c1Cl. The maximum Gasteiger partial charge on any atom is 0.360 e. The summed E-state index contributed by atoms with van der Waals surface area (Å²) in [6.07, 6.45) is 0. The number of aromatic amines is 1. The molecule has 0 fully saturated rings. The van der Waals surface area contributed by atoms with Crippen molar-refractivity contribution in [3.63, 3.8) is 0 Å². The second-order valence-electron chi connectivity index (χ2n) is 3.59. The molecule has 0 aliphatic carbocycles. The Morgan fingerprint density at radius 2 is 2.21 bits per heavy atom. The number of aromatic nitrogens is 2. The number of nitrogens with zero attached hydrogens (tertiary/aromatic N) is 1. The average Bonchev–Trinajstić information content (AvgIpc) is 2.71. The fourth-order valence-corrected chi connectivity index (χ4v) is 1.96. The van der Waals surface area contributed by atoms with Crippen molar-refractivity contribution in [2.45, 2.75) is 6.92 Å². The topological polar surface area (TPSA) is 55.0 Å². The molecule has 1 heterocycles. The molecule has 4 nitrogen and oxygen atoms in total. The van der Waals surface area contributed by atoms with Crippen LogP contribution >= 0.6 is 23.2 Å². The lowest BCUT2D eigenvalue weighted by Crippen LogP contribution is -2.05. The van der Waals surface area contributed by atoms with Gasteiger partial charge in [-0.25, -0.2) is 14.2 Å². The fraction of sp³-hybridized carbons (Fsp3) is 0.167. The Hall–Kier alpha value is -1.59. The minimum Gasteiger partial charge on any atom is -0.461 e. The van der Waals surface area contributed by atoms with Gasteiger partial charge in [-0.15, -0.1) is 0 Å². The molecule has 0 unspecified atom stereocenters. The molecule has 1 N–H and O–H groups in total. The number of hydrogen-bond acceptors (Lipinski definition) is 3. The van der Waals surface area contributed by atoms with E-state index in [2.05, 4.69) is 9.97 Å². The van der Waals surface area contributed by atoms with E-state index in [9.17, 15) is 9.18 Å². The lowest BCUT2D eigenvalue weighted by atomic mass is 10.2. The summed E-state index contributed by atoms with van der Waals surface area (Å²) in [5, 5.41) is 0.217. The molecule has 2 aromatic rings. The van der Waals surface area contributed by atoms with Gasteiger partial charge in [0.2, 0.25) is 0 Å². The van der Waals surface area contributed by atoms with E-state index in [1.807, 2.05) is 0 Å². The molecule has 0 aliphatic rings. The molecule has 19 heavy (non-hydrogen) atoms. The van der Waals surface area contributed by atoms with Gasteiger partial charge in [0.15, 0.2) is 5.69 Å². The lowest BCUT2D eigenvalue weighted by molar-refractivity contribution is 0.0520. The molecule has 7 heteroatoms. The summed E-state index contributed by atoms with van der Waals surface area (Å²) in [4.78, 5) is 18.3. The quantitative estimate of drug-likeness (QED) is 0.880. The molecule has 0 bridgehead atoms.